The van der Waals surface area contributed by atoms with Gasteiger partial charge in [0.1, 0.15) is 18.4 Å². The Balaban J connectivity index is 2.20. The van der Waals surface area contributed by atoms with Gasteiger partial charge in [0.2, 0.25) is 0 Å². The molecule has 0 aliphatic carbocycles. The summed E-state index contributed by atoms with van der Waals surface area (Å²) >= 11 is 0. The predicted octanol–water partition coefficient (Wildman–Crippen LogP) is 2.25. The molecule has 1 aromatic rings. The number of nitrogens with zero attached hydrogens (tertiary/aromatic N) is 1. The lowest BCUT2D eigenvalue weighted by atomic mass is 10.1. The van der Waals surface area contributed by atoms with Gasteiger partial charge in [-0.1, -0.05) is 13.3 Å². The third-order valence-electron chi connectivity index (χ3n) is 4.34. The number of phosphoric acid groups is 1. The van der Waals surface area contributed by atoms with Crippen LogP contribution in [0.5, 0.6) is 0 Å². The number of hydrogen-bond donors (Lipinski definition) is 2. The van der Waals surface area contributed by atoms with Crippen molar-refractivity contribution in [3.05, 3.63) is 32.6 Å². The fraction of sp³-hybridized carbons (Fsp3) is 0.778. The first-order valence-electron chi connectivity index (χ1n) is 9.69. The van der Waals surface area contributed by atoms with E-state index >= 15 is 0 Å². The largest absolute Gasteiger partial charge is 0.472 e. The van der Waals surface area contributed by atoms with E-state index in [1.807, 2.05) is 27.7 Å². The lowest BCUT2D eigenvalue weighted by Crippen LogP contribution is -2.34. The Labute approximate surface area is 169 Å². The number of unbranched alkanes of at least 4 members (excludes halogenated alkanes) is 1. The summed E-state index contributed by atoms with van der Waals surface area (Å²) in [4.78, 5) is 36.1. The maximum absolute atomic E-state index is 12.3. The fourth-order valence-corrected chi connectivity index (χ4v) is 3.77. The first kappa shape index (κ1) is 24.0. The summed E-state index contributed by atoms with van der Waals surface area (Å²) in [6, 6.07) is 0. The molecule has 1 fully saturated rings. The van der Waals surface area contributed by atoms with Gasteiger partial charge in [-0.25, -0.2) is 9.36 Å². The molecular weight excluding hydrogens is 403 g/mol. The van der Waals surface area contributed by atoms with E-state index in [0.717, 1.165) is 6.42 Å². The van der Waals surface area contributed by atoms with Crippen LogP contribution in [0.3, 0.4) is 0 Å². The van der Waals surface area contributed by atoms with Gasteiger partial charge in [0.05, 0.1) is 18.8 Å². The molecule has 2 N–H and O–H groups in total. The lowest BCUT2D eigenvalue weighted by Gasteiger charge is -2.25. The Morgan fingerprint density at radius 3 is 2.69 bits per heavy atom. The van der Waals surface area contributed by atoms with Crippen LogP contribution in [0.2, 0.25) is 0 Å². The zero-order chi connectivity index (χ0) is 21.8. The average molecular weight is 434 g/mol. The molecule has 1 saturated heterocycles. The molecule has 0 amide bonds. The van der Waals surface area contributed by atoms with Crippen molar-refractivity contribution >= 4 is 7.82 Å². The normalized spacial score (nSPS) is 24.6. The van der Waals surface area contributed by atoms with Crippen LogP contribution in [-0.2, 0) is 23.1 Å². The summed E-state index contributed by atoms with van der Waals surface area (Å²) in [7, 11) is -4.30. The molecule has 0 saturated carbocycles. The lowest BCUT2D eigenvalue weighted by molar-refractivity contribution is -0.0990. The number of rotatable bonds is 9. The van der Waals surface area contributed by atoms with Gasteiger partial charge < -0.3 is 14.4 Å². The van der Waals surface area contributed by atoms with E-state index in [4.69, 9.17) is 18.5 Å². The van der Waals surface area contributed by atoms with Crippen molar-refractivity contribution in [3.63, 3.8) is 0 Å². The van der Waals surface area contributed by atoms with Gasteiger partial charge in [-0.05, 0) is 34.1 Å². The maximum atomic E-state index is 12.3. The van der Waals surface area contributed by atoms with Crippen molar-refractivity contribution < 1.29 is 28.0 Å². The third kappa shape index (κ3) is 7.16. The minimum Gasteiger partial charge on any atom is -0.373 e. The fourth-order valence-electron chi connectivity index (χ4n) is 2.79. The molecule has 0 spiro atoms. The first-order chi connectivity index (χ1) is 13.4. The van der Waals surface area contributed by atoms with Crippen molar-refractivity contribution in [2.24, 2.45) is 0 Å². The number of hydrogen-bond acceptors (Lipinski definition) is 7. The minimum atomic E-state index is -4.30. The Kier molecular flexibility index (Phi) is 8.00. The second-order valence-electron chi connectivity index (χ2n) is 8.07. The first-order valence-corrected chi connectivity index (χ1v) is 11.2. The SMILES string of the molecule is CCCCOP(=O)(O)OC1C[C@H](n2cc(C)c(=O)[nH]c2=O)O[C@@H]1COC(C)(C)C. The van der Waals surface area contributed by atoms with E-state index < -0.39 is 43.1 Å². The van der Waals surface area contributed by atoms with E-state index in [1.54, 1.807) is 6.92 Å². The Bertz CT molecular complexity index is 843. The smallest absolute Gasteiger partial charge is 0.373 e. The zero-order valence-corrected chi connectivity index (χ0v) is 18.4. The molecule has 11 heteroatoms. The highest BCUT2D eigenvalue weighted by Gasteiger charge is 2.42. The summed E-state index contributed by atoms with van der Waals surface area (Å²) in [6.45, 7) is 9.31. The average Bonchev–Trinajstić information content (AvgIpc) is 2.97. The molecule has 4 atom stereocenters. The Morgan fingerprint density at radius 2 is 2.07 bits per heavy atom. The summed E-state index contributed by atoms with van der Waals surface area (Å²) in [5.41, 5.74) is -1.23. The van der Waals surface area contributed by atoms with Crippen LogP contribution < -0.4 is 11.2 Å². The molecule has 10 nitrogen and oxygen atoms in total. The molecule has 2 unspecified atom stereocenters. The van der Waals surface area contributed by atoms with E-state index in [2.05, 4.69) is 4.98 Å². The molecule has 1 aliphatic rings. The molecule has 1 aliphatic heterocycles. The summed E-state index contributed by atoms with van der Waals surface area (Å²) in [5, 5.41) is 0. The van der Waals surface area contributed by atoms with Crippen LogP contribution in [0.4, 0.5) is 0 Å². The topological polar surface area (TPSA) is 129 Å². The Hall–Kier alpha value is -1.29. The molecule has 1 aromatic heterocycles. The molecule has 0 aromatic carbocycles. The molecule has 0 radical (unpaired) electrons. The standard InChI is InChI=1S/C18H31N2O8P/c1-6-7-8-26-29(23,24)28-13-9-15(27-14(13)11-25-18(3,4)5)20-10-12(2)16(21)19-17(20)22/h10,13-15H,6-9,11H2,1-5H3,(H,23,24)(H,19,21,22)/t13?,14-,15-/m1/s1. The van der Waals surface area contributed by atoms with Crippen LogP contribution in [0.15, 0.2) is 15.8 Å². The molecular formula is C18H31N2O8P. The second kappa shape index (κ2) is 9.68. The van der Waals surface area contributed by atoms with Gasteiger partial charge in [0.25, 0.3) is 5.56 Å². The molecule has 29 heavy (non-hydrogen) atoms. The van der Waals surface area contributed by atoms with Crippen LogP contribution in [0, 0.1) is 6.92 Å². The van der Waals surface area contributed by atoms with Crippen LogP contribution >= 0.6 is 7.82 Å². The van der Waals surface area contributed by atoms with Crippen LogP contribution in [-0.4, -0.2) is 45.5 Å². The van der Waals surface area contributed by atoms with E-state index in [-0.39, 0.29) is 19.6 Å². The summed E-state index contributed by atoms with van der Waals surface area (Å²) in [5.74, 6) is 0. The second-order valence-corrected chi connectivity index (χ2v) is 9.47. The van der Waals surface area contributed by atoms with E-state index in [9.17, 15) is 19.0 Å². The van der Waals surface area contributed by atoms with Crippen LogP contribution in [0.25, 0.3) is 0 Å². The van der Waals surface area contributed by atoms with Gasteiger partial charge in [0.15, 0.2) is 0 Å². The maximum Gasteiger partial charge on any atom is 0.472 e. The summed E-state index contributed by atoms with van der Waals surface area (Å²) in [6.07, 6.45) is 0.628. The number of nitrogens with one attached hydrogen (secondary N) is 1. The van der Waals surface area contributed by atoms with Crippen molar-refractivity contribution in [2.45, 2.75) is 77.9 Å². The molecule has 2 rings (SSSR count). The van der Waals surface area contributed by atoms with Crippen molar-refractivity contribution in [2.75, 3.05) is 13.2 Å². The van der Waals surface area contributed by atoms with Gasteiger partial charge >= 0.3 is 13.5 Å². The van der Waals surface area contributed by atoms with Crippen molar-refractivity contribution in [1.82, 2.24) is 9.55 Å². The third-order valence-corrected chi connectivity index (χ3v) is 5.38. The highest BCUT2D eigenvalue weighted by molar-refractivity contribution is 7.47. The number of H-pyrrole nitrogens is 1. The quantitative estimate of drug-likeness (QED) is 0.447. The highest BCUT2D eigenvalue weighted by Crippen LogP contribution is 2.48. The number of aryl methyl sites for hydroxylation is 1. The van der Waals surface area contributed by atoms with E-state index in [1.165, 1.54) is 10.8 Å². The van der Waals surface area contributed by atoms with Gasteiger partial charge in [0, 0.05) is 18.2 Å². The summed E-state index contributed by atoms with van der Waals surface area (Å²) < 4.78 is 35.6. The van der Waals surface area contributed by atoms with Gasteiger partial charge in [-0.3, -0.25) is 23.4 Å². The van der Waals surface area contributed by atoms with Crippen molar-refractivity contribution in [1.29, 1.82) is 0 Å². The van der Waals surface area contributed by atoms with Gasteiger partial charge in [-0.15, -0.1) is 0 Å². The number of aromatic nitrogens is 2. The zero-order valence-electron chi connectivity index (χ0n) is 17.5. The highest BCUT2D eigenvalue weighted by atomic mass is 31.2. The number of phosphoric ester groups is 1. The number of ether oxygens (including phenoxy) is 2. The molecule has 0 bridgehead atoms. The monoisotopic (exact) mass is 434 g/mol. The molecule has 166 valence electrons. The Morgan fingerprint density at radius 1 is 1.38 bits per heavy atom. The van der Waals surface area contributed by atoms with Crippen molar-refractivity contribution in [3.8, 4) is 0 Å². The van der Waals surface area contributed by atoms with Gasteiger partial charge in [-0.2, -0.15) is 0 Å². The van der Waals surface area contributed by atoms with Crippen LogP contribution in [0.1, 0.15) is 58.7 Å². The van der Waals surface area contributed by atoms with E-state index in [0.29, 0.717) is 12.0 Å². The predicted molar refractivity (Wildman–Crippen MR) is 106 cm³/mol. The molecule has 2 heterocycles. The minimum absolute atomic E-state index is 0.0940. The number of aromatic amines is 1.